The molecule has 1 fully saturated rings. The normalized spacial score (nSPS) is 22.4. The van der Waals surface area contributed by atoms with Gasteiger partial charge >= 0.3 is 0 Å². The highest BCUT2D eigenvalue weighted by atomic mass is 35.5. The van der Waals surface area contributed by atoms with Gasteiger partial charge in [-0.25, -0.2) is 0 Å². The predicted octanol–water partition coefficient (Wildman–Crippen LogP) is 3.99. The second-order valence-electron chi connectivity index (χ2n) is 5.43. The second kappa shape index (κ2) is 6.34. The molecule has 0 unspecified atom stereocenters. The Bertz CT molecular complexity index is 602. The Morgan fingerprint density at radius 2 is 1.81 bits per heavy atom. The van der Waals surface area contributed by atoms with Crippen LogP contribution in [-0.4, -0.2) is 21.4 Å². The summed E-state index contributed by atoms with van der Waals surface area (Å²) < 4.78 is 5.36. The third-order valence-corrected chi connectivity index (χ3v) is 4.63. The van der Waals surface area contributed by atoms with E-state index in [-0.39, 0.29) is 12.0 Å². The van der Waals surface area contributed by atoms with E-state index in [1.54, 1.807) is 12.1 Å². The Kier molecular flexibility index (Phi) is 4.48. The molecule has 1 aliphatic rings. The lowest BCUT2D eigenvalue weighted by atomic mass is 9.87. The molecule has 6 heteroatoms. The maximum Gasteiger partial charge on any atom is 0.229 e. The SMILES string of the molecule is OC1CCC(c2nc(Cc3c(Cl)cccc3Cl)no2)CC1. The Balaban J connectivity index is 1.73. The lowest BCUT2D eigenvalue weighted by Gasteiger charge is -2.22. The molecule has 2 aromatic rings. The average Bonchev–Trinajstić information content (AvgIpc) is 2.92. The number of aliphatic hydroxyl groups excluding tert-OH is 1. The van der Waals surface area contributed by atoms with Crippen LogP contribution in [0.15, 0.2) is 22.7 Å². The second-order valence-corrected chi connectivity index (χ2v) is 6.25. The summed E-state index contributed by atoms with van der Waals surface area (Å²) in [7, 11) is 0. The minimum absolute atomic E-state index is 0.189. The van der Waals surface area contributed by atoms with Gasteiger partial charge in [0.05, 0.1) is 6.10 Å². The molecule has 0 amide bonds. The topological polar surface area (TPSA) is 59.2 Å². The molecule has 0 bridgehead atoms. The highest BCUT2D eigenvalue weighted by Gasteiger charge is 2.25. The van der Waals surface area contributed by atoms with E-state index < -0.39 is 0 Å². The molecule has 21 heavy (non-hydrogen) atoms. The lowest BCUT2D eigenvalue weighted by molar-refractivity contribution is 0.116. The highest BCUT2D eigenvalue weighted by Crippen LogP contribution is 2.32. The molecule has 1 heterocycles. The van der Waals surface area contributed by atoms with Gasteiger partial charge in [0.15, 0.2) is 5.82 Å². The number of hydrogen-bond donors (Lipinski definition) is 1. The van der Waals surface area contributed by atoms with Crippen molar-refractivity contribution in [1.82, 2.24) is 10.1 Å². The largest absolute Gasteiger partial charge is 0.393 e. The molecule has 0 spiro atoms. The predicted molar refractivity (Wildman–Crippen MR) is 80.8 cm³/mol. The summed E-state index contributed by atoms with van der Waals surface area (Å²) in [6.07, 6.45) is 3.62. The maximum absolute atomic E-state index is 9.54. The number of aromatic nitrogens is 2. The minimum Gasteiger partial charge on any atom is -0.393 e. The average molecular weight is 327 g/mol. The van der Waals surface area contributed by atoms with Crippen LogP contribution in [0.2, 0.25) is 10.0 Å². The number of rotatable bonds is 3. The molecule has 1 aromatic heterocycles. The molecule has 0 atom stereocenters. The number of halogens is 2. The van der Waals surface area contributed by atoms with Crippen molar-refractivity contribution in [3.8, 4) is 0 Å². The Morgan fingerprint density at radius 1 is 1.14 bits per heavy atom. The van der Waals surface area contributed by atoms with Crippen LogP contribution < -0.4 is 0 Å². The van der Waals surface area contributed by atoms with Crippen LogP contribution >= 0.6 is 23.2 Å². The fourth-order valence-corrected chi connectivity index (χ4v) is 3.22. The maximum atomic E-state index is 9.54. The third kappa shape index (κ3) is 3.39. The first kappa shape index (κ1) is 14.8. The van der Waals surface area contributed by atoms with E-state index >= 15 is 0 Å². The van der Waals surface area contributed by atoms with Crippen molar-refractivity contribution in [2.75, 3.05) is 0 Å². The molecule has 0 aliphatic heterocycles. The van der Waals surface area contributed by atoms with Gasteiger partial charge < -0.3 is 9.63 Å². The van der Waals surface area contributed by atoms with Gasteiger partial charge in [-0.15, -0.1) is 0 Å². The molecule has 0 radical (unpaired) electrons. The van der Waals surface area contributed by atoms with Crippen molar-refractivity contribution < 1.29 is 9.63 Å². The molecular weight excluding hydrogens is 311 g/mol. The summed E-state index contributed by atoms with van der Waals surface area (Å²) in [4.78, 5) is 4.46. The van der Waals surface area contributed by atoms with E-state index in [1.165, 1.54) is 0 Å². The van der Waals surface area contributed by atoms with Gasteiger partial charge in [-0.2, -0.15) is 4.98 Å². The van der Waals surface area contributed by atoms with Crippen molar-refractivity contribution in [3.05, 3.63) is 45.5 Å². The van der Waals surface area contributed by atoms with Gasteiger partial charge in [0, 0.05) is 22.4 Å². The summed E-state index contributed by atoms with van der Waals surface area (Å²) in [5.74, 6) is 1.49. The van der Waals surface area contributed by atoms with Gasteiger partial charge in [0.25, 0.3) is 0 Å². The van der Waals surface area contributed by atoms with E-state index in [1.807, 2.05) is 6.07 Å². The van der Waals surface area contributed by atoms with E-state index in [0.717, 1.165) is 31.2 Å². The molecule has 1 aromatic carbocycles. The standard InChI is InChI=1S/C15H16Cl2N2O2/c16-12-2-1-3-13(17)11(12)8-14-18-15(21-19-14)9-4-6-10(20)7-5-9/h1-3,9-10,20H,4-8H2. The lowest BCUT2D eigenvalue weighted by Crippen LogP contribution is -2.17. The monoisotopic (exact) mass is 326 g/mol. The van der Waals surface area contributed by atoms with Crippen molar-refractivity contribution in [1.29, 1.82) is 0 Å². The zero-order chi connectivity index (χ0) is 14.8. The highest BCUT2D eigenvalue weighted by molar-refractivity contribution is 6.36. The smallest absolute Gasteiger partial charge is 0.229 e. The first-order valence-corrected chi connectivity index (χ1v) is 7.82. The zero-order valence-electron chi connectivity index (χ0n) is 11.4. The first-order valence-electron chi connectivity index (χ1n) is 7.07. The Morgan fingerprint density at radius 3 is 2.48 bits per heavy atom. The first-order chi connectivity index (χ1) is 10.1. The Labute approximate surface area is 133 Å². The van der Waals surface area contributed by atoms with Crippen LogP contribution in [-0.2, 0) is 6.42 Å². The van der Waals surface area contributed by atoms with Gasteiger partial charge in [-0.05, 0) is 43.4 Å². The summed E-state index contributed by atoms with van der Waals surface area (Å²) in [6, 6.07) is 5.40. The van der Waals surface area contributed by atoms with Gasteiger partial charge in [0.2, 0.25) is 5.89 Å². The van der Waals surface area contributed by atoms with Crippen LogP contribution in [0.4, 0.5) is 0 Å². The molecule has 0 saturated heterocycles. The number of benzene rings is 1. The van der Waals surface area contributed by atoms with E-state index in [4.69, 9.17) is 27.7 Å². The molecular formula is C15H16Cl2N2O2. The summed E-state index contributed by atoms with van der Waals surface area (Å²) >= 11 is 12.3. The quantitative estimate of drug-likeness (QED) is 0.926. The van der Waals surface area contributed by atoms with E-state index in [0.29, 0.717) is 28.2 Å². The van der Waals surface area contributed by atoms with Crippen LogP contribution in [0.25, 0.3) is 0 Å². The van der Waals surface area contributed by atoms with Gasteiger partial charge in [0.1, 0.15) is 0 Å². The van der Waals surface area contributed by atoms with E-state index in [2.05, 4.69) is 10.1 Å². The molecule has 1 saturated carbocycles. The van der Waals surface area contributed by atoms with Crippen LogP contribution in [0, 0.1) is 0 Å². The fourth-order valence-electron chi connectivity index (χ4n) is 2.69. The van der Waals surface area contributed by atoms with Crippen LogP contribution in [0.3, 0.4) is 0 Å². The molecule has 3 rings (SSSR count). The van der Waals surface area contributed by atoms with Crippen molar-refractivity contribution in [3.63, 3.8) is 0 Å². The zero-order valence-corrected chi connectivity index (χ0v) is 12.9. The Hall–Kier alpha value is -1.10. The van der Waals surface area contributed by atoms with E-state index in [9.17, 15) is 5.11 Å². The minimum atomic E-state index is -0.189. The van der Waals surface area contributed by atoms with Gasteiger partial charge in [-0.1, -0.05) is 34.4 Å². The molecule has 4 nitrogen and oxygen atoms in total. The molecule has 112 valence electrons. The molecule has 1 N–H and O–H groups in total. The van der Waals surface area contributed by atoms with Gasteiger partial charge in [-0.3, -0.25) is 0 Å². The van der Waals surface area contributed by atoms with Crippen molar-refractivity contribution in [2.24, 2.45) is 0 Å². The summed E-state index contributed by atoms with van der Waals surface area (Å²) in [5, 5.41) is 14.8. The van der Waals surface area contributed by atoms with Crippen molar-refractivity contribution >= 4 is 23.2 Å². The number of aliphatic hydroxyl groups is 1. The number of nitrogens with zero attached hydrogens (tertiary/aromatic N) is 2. The summed E-state index contributed by atoms with van der Waals surface area (Å²) in [5.41, 5.74) is 0.812. The molecule has 1 aliphatic carbocycles. The van der Waals surface area contributed by atoms with Crippen LogP contribution in [0.1, 0.15) is 48.9 Å². The fraction of sp³-hybridized carbons (Fsp3) is 0.467. The summed E-state index contributed by atoms with van der Waals surface area (Å²) in [6.45, 7) is 0. The third-order valence-electron chi connectivity index (χ3n) is 3.93. The van der Waals surface area contributed by atoms with Crippen LogP contribution in [0.5, 0.6) is 0 Å². The van der Waals surface area contributed by atoms with Crippen molar-refractivity contribution in [2.45, 2.75) is 44.1 Å². The number of hydrogen-bond acceptors (Lipinski definition) is 4.